The number of carbonyl (C=O) groups is 2. The van der Waals surface area contributed by atoms with E-state index in [1.165, 1.54) is 0 Å². The van der Waals surface area contributed by atoms with E-state index >= 15 is 0 Å². The van der Waals surface area contributed by atoms with E-state index in [2.05, 4.69) is 0 Å². The molecule has 0 saturated carbocycles. The Bertz CT molecular complexity index is 747. The van der Waals surface area contributed by atoms with Crippen molar-refractivity contribution in [3.63, 3.8) is 0 Å². The molecule has 0 atom stereocenters. The Morgan fingerprint density at radius 2 is 1.54 bits per heavy atom. The van der Waals surface area contributed by atoms with Crippen molar-refractivity contribution in [2.75, 3.05) is 6.61 Å². The Hall–Kier alpha value is -2.62. The van der Waals surface area contributed by atoms with Crippen molar-refractivity contribution in [2.24, 2.45) is 5.92 Å². The summed E-state index contributed by atoms with van der Waals surface area (Å²) >= 11 is 0. The van der Waals surface area contributed by atoms with E-state index in [-0.39, 0.29) is 17.0 Å². The predicted octanol–water partition coefficient (Wildman–Crippen LogP) is 4.34. The van der Waals surface area contributed by atoms with Crippen LogP contribution in [0.3, 0.4) is 0 Å². The highest BCUT2D eigenvalue weighted by Gasteiger charge is 2.20. The second kappa shape index (κ2) is 7.77. The molecule has 4 heteroatoms. The van der Waals surface area contributed by atoms with Gasteiger partial charge in [-0.05, 0) is 55.2 Å². The minimum atomic E-state index is -0.574. The van der Waals surface area contributed by atoms with E-state index in [9.17, 15) is 9.59 Å². The molecule has 0 unspecified atom stereocenters. The third-order valence-corrected chi connectivity index (χ3v) is 3.60. The van der Waals surface area contributed by atoms with Gasteiger partial charge in [0.25, 0.3) is 0 Å². The van der Waals surface area contributed by atoms with E-state index in [4.69, 9.17) is 9.47 Å². The number of carbonyl (C=O) groups excluding carboxylic acids is 2. The van der Waals surface area contributed by atoms with Crippen molar-refractivity contribution in [3.8, 4) is 5.75 Å². The Kier molecular flexibility index (Phi) is 5.74. The summed E-state index contributed by atoms with van der Waals surface area (Å²) < 4.78 is 10.6. The minimum Gasteiger partial charge on any atom is -0.462 e. The molecule has 0 heterocycles. The van der Waals surface area contributed by atoms with E-state index in [1.54, 1.807) is 36.4 Å². The summed E-state index contributed by atoms with van der Waals surface area (Å²) in [6.07, 6.45) is 0. The fourth-order valence-electron chi connectivity index (χ4n) is 2.10. The largest absolute Gasteiger partial charge is 0.462 e. The summed E-state index contributed by atoms with van der Waals surface area (Å²) in [5.41, 5.74) is 2.56. The summed E-state index contributed by atoms with van der Waals surface area (Å²) in [6, 6.07) is 11.9. The number of esters is 2. The zero-order chi connectivity index (χ0) is 17.7. The number of benzene rings is 2. The number of hydrogen-bond donors (Lipinski definition) is 0. The summed E-state index contributed by atoms with van der Waals surface area (Å²) in [5, 5.41) is 0. The normalized spacial score (nSPS) is 10.5. The molecule has 0 N–H and O–H groups in total. The van der Waals surface area contributed by atoms with Gasteiger partial charge < -0.3 is 9.47 Å². The molecule has 126 valence electrons. The van der Waals surface area contributed by atoms with Crippen LogP contribution in [0.4, 0.5) is 0 Å². The average molecular weight is 326 g/mol. The molecule has 2 rings (SSSR count). The monoisotopic (exact) mass is 326 g/mol. The first-order chi connectivity index (χ1) is 11.4. The van der Waals surface area contributed by atoms with Crippen molar-refractivity contribution in [2.45, 2.75) is 27.7 Å². The average Bonchev–Trinajstić information content (AvgIpc) is 2.56. The summed E-state index contributed by atoms with van der Waals surface area (Å²) in [5.74, 6) is -0.413. The van der Waals surface area contributed by atoms with Crippen molar-refractivity contribution >= 4 is 11.9 Å². The lowest BCUT2D eigenvalue weighted by atomic mass is 10.1. The van der Waals surface area contributed by atoms with Crippen LogP contribution >= 0.6 is 0 Å². The molecule has 0 saturated heterocycles. The molecular weight excluding hydrogens is 304 g/mol. The topological polar surface area (TPSA) is 52.6 Å². The molecule has 0 amide bonds. The maximum absolute atomic E-state index is 12.4. The van der Waals surface area contributed by atoms with Crippen LogP contribution < -0.4 is 4.74 Å². The maximum Gasteiger partial charge on any atom is 0.344 e. The van der Waals surface area contributed by atoms with Gasteiger partial charge in [-0.3, -0.25) is 0 Å². The van der Waals surface area contributed by atoms with Gasteiger partial charge in [0.1, 0.15) is 5.75 Å². The second-order valence-electron chi connectivity index (χ2n) is 6.17. The first-order valence-electron chi connectivity index (χ1n) is 7.94. The van der Waals surface area contributed by atoms with E-state index in [0.29, 0.717) is 12.4 Å². The maximum atomic E-state index is 12.4. The van der Waals surface area contributed by atoms with Crippen LogP contribution in [0.5, 0.6) is 5.75 Å². The van der Waals surface area contributed by atoms with Crippen molar-refractivity contribution < 1.29 is 19.1 Å². The van der Waals surface area contributed by atoms with Crippen LogP contribution in [0, 0.1) is 19.8 Å². The highest BCUT2D eigenvalue weighted by molar-refractivity contribution is 6.03. The molecule has 2 aromatic carbocycles. The van der Waals surface area contributed by atoms with Gasteiger partial charge in [0.2, 0.25) is 0 Å². The molecule has 0 aliphatic heterocycles. The van der Waals surface area contributed by atoms with Gasteiger partial charge in [0.05, 0.1) is 17.7 Å². The molecule has 0 fully saturated rings. The molecule has 2 aromatic rings. The molecule has 24 heavy (non-hydrogen) atoms. The lowest BCUT2D eigenvalue weighted by molar-refractivity contribution is 0.0452. The Balaban J connectivity index is 2.20. The fraction of sp³-hybridized carbons (Fsp3) is 0.300. The zero-order valence-corrected chi connectivity index (χ0v) is 14.5. The number of hydrogen-bond acceptors (Lipinski definition) is 4. The molecule has 0 aliphatic rings. The van der Waals surface area contributed by atoms with Gasteiger partial charge >= 0.3 is 11.9 Å². The second-order valence-corrected chi connectivity index (χ2v) is 6.17. The highest BCUT2D eigenvalue weighted by Crippen LogP contribution is 2.19. The van der Waals surface area contributed by atoms with Gasteiger partial charge in [0.15, 0.2) is 0 Å². The third kappa shape index (κ3) is 4.44. The third-order valence-electron chi connectivity index (χ3n) is 3.60. The number of rotatable bonds is 5. The van der Waals surface area contributed by atoms with E-state index in [0.717, 1.165) is 11.1 Å². The van der Waals surface area contributed by atoms with Gasteiger partial charge in [-0.1, -0.05) is 32.0 Å². The van der Waals surface area contributed by atoms with Gasteiger partial charge in [-0.15, -0.1) is 0 Å². The molecular formula is C20H22O4. The van der Waals surface area contributed by atoms with E-state index < -0.39 is 11.9 Å². The number of ether oxygens (including phenoxy) is 2. The number of aryl methyl sites for hydroxylation is 2. The van der Waals surface area contributed by atoms with Crippen LogP contribution in [0.25, 0.3) is 0 Å². The van der Waals surface area contributed by atoms with Crippen molar-refractivity contribution in [3.05, 3.63) is 64.7 Å². The SMILES string of the molecule is Cc1ccc(OC(=O)c2ccccc2C(=O)OCC(C)C)cc1C. The molecule has 0 spiro atoms. The van der Waals surface area contributed by atoms with Crippen LogP contribution in [0.15, 0.2) is 42.5 Å². The van der Waals surface area contributed by atoms with Crippen LogP contribution in [-0.4, -0.2) is 18.5 Å². The molecule has 0 radical (unpaired) electrons. The Morgan fingerprint density at radius 1 is 0.917 bits per heavy atom. The molecule has 0 aliphatic carbocycles. The lowest BCUT2D eigenvalue weighted by Gasteiger charge is -2.11. The minimum absolute atomic E-state index is 0.199. The molecule has 4 nitrogen and oxygen atoms in total. The van der Waals surface area contributed by atoms with Crippen LogP contribution in [0.1, 0.15) is 45.7 Å². The fourth-order valence-corrected chi connectivity index (χ4v) is 2.10. The van der Waals surface area contributed by atoms with Gasteiger partial charge in [-0.25, -0.2) is 9.59 Å². The molecule has 0 aromatic heterocycles. The van der Waals surface area contributed by atoms with Crippen molar-refractivity contribution in [1.82, 2.24) is 0 Å². The first-order valence-corrected chi connectivity index (χ1v) is 7.94. The Labute approximate surface area is 142 Å². The van der Waals surface area contributed by atoms with Gasteiger partial charge in [0, 0.05) is 0 Å². The smallest absolute Gasteiger partial charge is 0.344 e. The van der Waals surface area contributed by atoms with E-state index in [1.807, 2.05) is 33.8 Å². The lowest BCUT2D eigenvalue weighted by Crippen LogP contribution is -2.17. The summed E-state index contributed by atoms with van der Waals surface area (Å²) in [4.78, 5) is 24.6. The predicted molar refractivity (Wildman–Crippen MR) is 92.4 cm³/mol. The van der Waals surface area contributed by atoms with Gasteiger partial charge in [-0.2, -0.15) is 0 Å². The highest BCUT2D eigenvalue weighted by atomic mass is 16.5. The van der Waals surface area contributed by atoms with Crippen LogP contribution in [-0.2, 0) is 4.74 Å². The first kappa shape index (κ1) is 17.7. The summed E-state index contributed by atoms with van der Waals surface area (Å²) in [7, 11) is 0. The zero-order valence-electron chi connectivity index (χ0n) is 14.5. The summed E-state index contributed by atoms with van der Waals surface area (Å²) in [6.45, 7) is 8.14. The Morgan fingerprint density at radius 3 is 2.12 bits per heavy atom. The van der Waals surface area contributed by atoms with Crippen molar-refractivity contribution in [1.29, 1.82) is 0 Å². The van der Waals surface area contributed by atoms with Crippen LogP contribution in [0.2, 0.25) is 0 Å². The molecule has 0 bridgehead atoms. The standard InChI is InChI=1S/C20H22O4/c1-13(2)12-23-19(21)17-7-5-6-8-18(17)20(22)24-16-10-9-14(3)15(4)11-16/h5-11,13H,12H2,1-4H3. The quantitative estimate of drug-likeness (QED) is 0.606.